The first-order chi connectivity index (χ1) is 5.24. The predicted octanol–water partition coefficient (Wildman–Crippen LogP) is 1.22. The van der Waals surface area contributed by atoms with E-state index < -0.39 is 0 Å². The van der Waals surface area contributed by atoms with Gasteiger partial charge in [-0.2, -0.15) is 5.26 Å². The molecule has 58 valence electrons. The molecule has 0 aliphatic heterocycles. The molecule has 3 heteroatoms. The highest BCUT2D eigenvalue weighted by Gasteiger charge is 1.85. The van der Waals surface area contributed by atoms with Gasteiger partial charge in [-0.05, 0) is 13.0 Å². The maximum Gasteiger partial charge on any atom is 0.139 e. The molecule has 0 saturated heterocycles. The lowest BCUT2D eigenvalue weighted by atomic mass is 10.4. The molecule has 0 rings (SSSR count). The van der Waals surface area contributed by atoms with Gasteiger partial charge in [0.25, 0.3) is 0 Å². The van der Waals surface area contributed by atoms with E-state index in [1.807, 2.05) is 13.0 Å². The highest BCUT2D eigenvalue weighted by molar-refractivity contribution is 6.07. The van der Waals surface area contributed by atoms with E-state index in [4.69, 9.17) is 5.26 Å². The van der Waals surface area contributed by atoms with Crippen molar-refractivity contribution >= 4 is 5.71 Å². The van der Waals surface area contributed by atoms with E-state index in [2.05, 4.69) is 16.9 Å². The Bertz CT molecular complexity index is 230. The Morgan fingerprint density at radius 3 is 2.73 bits per heavy atom. The van der Waals surface area contributed by atoms with Crippen LogP contribution in [0.4, 0.5) is 0 Å². The van der Waals surface area contributed by atoms with Crippen LogP contribution in [0.2, 0.25) is 0 Å². The van der Waals surface area contributed by atoms with E-state index in [0.717, 1.165) is 5.70 Å². The standard InChI is InChI=1S/C8H11N3/c1-4-8(5-9)11-6-7(2)10-3/h4,6,10H,1H2,2-3H3/b7-6+,11-8+. The van der Waals surface area contributed by atoms with E-state index in [1.54, 1.807) is 13.2 Å². The van der Waals surface area contributed by atoms with Crippen LogP contribution < -0.4 is 5.32 Å². The predicted molar refractivity (Wildman–Crippen MR) is 46.1 cm³/mol. The van der Waals surface area contributed by atoms with E-state index in [0.29, 0.717) is 5.71 Å². The second-order valence-corrected chi connectivity index (χ2v) is 1.89. The van der Waals surface area contributed by atoms with Gasteiger partial charge in [0.2, 0.25) is 0 Å². The molecule has 0 atom stereocenters. The molecule has 0 bridgehead atoms. The first-order valence-electron chi connectivity index (χ1n) is 3.19. The van der Waals surface area contributed by atoms with Gasteiger partial charge in [-0.15, -0.1) is 0 Å². The lowest BCUT2D eigenvalue weighted by Crippen LogP contribution is -2.00. The van der Waals surface area contributed by atoms with Crippen LogP contribution in [-0.4, -0.2) is 12.8 Å². The summed E-state index contributed by atoms with van der Waals surface area (Å²) in [4.78, 5) is 3.84. The summed E-state index contributed by atoms with van der Waals surface area (Å²) < 4.78 is 0. The van der Waals surface area contributed by atoms with Crippen LogP contribution in [0.3, 0.4) is 0 Å². The zero-order valence-corrected chi connectivity index (χ0v) is 6.76. The number of aliphatic imine (C=N–C) groups is 1. The van der Waals surface area contributed by atoms with Crippen LogP contribution >= 0.6 is 0 Å². The smallest absolute Gasteiger partial charge is 0.139 e. The van der Waals surface area contributed by atoms with Gasteiger partial charge in [0.1, 0.15) is 11.8 Å². The third-order valence-electron chi connectivity index (χ3n) is 1.10. The molecule has 0 amide bonds. The summed E-state index contributed by atoms with van der Waals surface area (Å²) in [5, 5.41) is 11.3. The summed E-state index contributed by atoms with van der Waals surface area (Å²) in [7, 11) is 1.79. The minimum absolute atomic E-state index is 0.319. The molecule has 0 radical (unpaired) electrons. The minimum Gasteiger partial charge on any atom is -0.390 e. The molecule has 0 heterocycles. The molecule has 0 aliphatic rings. The molecular weight excluding hydrogens is 138 g/mol. The summed E-state index contributed by atoms with van der Waals surface area (Å²) >= 11 is 0. The Morgan fingerprint density at radius 1 is 1.73 bits per heavy atom. The first kappa shape index (κ1) is 9.44. The van der Waals surface area contributed by atoms with Gasteiger partial charge in [0, 0.05) is 18.9 Å². The highest BCUT2D eigenvalue weighted by atomic mass is 14.9. The number of rotatable bonds is 3. The molecule has 0 saturated carbocycles. The van der Waals surface area contributed by atoms with Gasteiger partial charge in [-0.3, -0.25) is 0 Å². The second-order valence-electron chi connectivity index (χ2n) is 1.89. The van der Waals surface area contributed by atoms with Crippen LogP contribution in [0, 0.1) is 11.3 Å². The molecule has 11 heavy (non-hydrogen) atoms. The number of nitriles is 1. The largest absolute Gasteiger partial charge is 0.390 e. The zero-order chi connectivity index (χ0) is 8.69. The molecule has 1 N–H and O–H groups in total. The van der Waals surface area contributed by atoms with E-state index >= 15 is 0 Å². The zero-order valence-electron chi connectivity index (χ0n) is 6.76. The summed E-state index contributed by atoms with van der Waals surface area (Å²) in [6.45, 7) is 5.30. The maximum absolute atomic E-state index is 8.41. The van der Waals surface area contributed by atoms with Crippen molar-refractivity contribution in [1.29, 1.82) is 5.26 Å². The lowest BCUT2D eigenvalue weighted by Gasteiger charge is -1.93. The van der Waals surface area contributed by atoms with Crippen molar-refractivity contribution in [3.05, 3.63) is 24.6 Å². The van der Waals surface area contributed by atoms with Gasteiger partial charge in [0.15, 0.2) is 0 Å². The SMILES string of the molecule is C=C/C(C#N)=N\C=C(/C)NC. The fraction of sp³-hybridized carbons (Fsp3) is 0.250. The number of allylic oxidation sites excluding steroid dienone is 2. The van der Waals surface area contributed by atoms with Gasteiger partial charge in [0.05, 0.1) is 0 Å². The second kappa shape index (κ2) is 5.24. The van der Waals surface area contributed by atoms with Crippen LogP contribution in [-0.2, 0) is 0 Å². The topological polar surface area (TPSA) is 48.2 Å². The minimum atomic E-state index is 0.319. The van der Waals surface area contributed by atoms with E-state index in [1.165, 1.54) is 6.08 Å². The Kier molecular flexibility index (Phi) is 4.50. The molecule has 0 spiro atoms. The van der Waals surface area contributed by atoms with Gasteiger partial charge in [-0.1, -0.05) is 6.58 Å². The fourth-order valence-electron chi connectivity index (χ4n) is 0.358. The third kappa shape index (κ3) is 3.93. The van der Waals surface area contributed by atoms with E-state index in [-0.39, 0.29) is 0 Å². The first-order valence-corrected chi connectivity index (χ1v) is 3.19. The molecule has 0 unspecified atom stereocenters. The Labute approximate surface area is 66.8 Å². The highest BCUT2D eigenvalue weighted by Crippen LogP contribution is 1.87. The number of nitrogens with zero attached hydrogens (tertiary/aromatic N) is 2. The van der Waals surface area contributed by atoms with E-state index in [9.17, 15) is 0 Å². The molecule has 0 fully saturated rings. The van der Waals surface area contributed by atoms with Gasteiger partial charge < -0.3 is 5.32 Å². The monoisotopic (exact) mass is 149 g/mol. The Balaban J connectivity index is 4.33. The number of hydrogen-bond acceptors (Lipinski definition) is 3. The van der Waals surface area contributed by atoms with Crippen LogP contribution in [0.15, 0.2) is 29.5 Å². The fourth-order valence-corrected chi connectivity index (χ4v) is 0.358. The quantitative estimate of drug-likeness (QED) is 0.613. The molecule has 0 aromatic heterocycles. The molecule has 0 aliphatic carbocycles. The van der Waals surface area contributed by atoms with Crippen molar-refractivity contribution in [2.75, 3.05) is 7.05 Å². The average molecular weight is 149 g/mol. The third-order valence-corrected chi connectivity index (χ3v) is 1.10. The van der Waals surface area contributed by atoms with Crippen molar-refractivity contribution in [3.63, 3.8) is 0 Å². The maximum atomic E-state index is 8.41. The normalized spacial score (nSPS) is 12.1. The molecule has 0 aromatic rings. The van der Waals surface area contributed by atoms with Crippen molar-refractivity contribution in [1.82, 2.24) is 5.32 Å². The van der Waals surface area contributed by atoms with Crippen LogP contribution in [0.1, 0.15) is 6.92 Å². The summed E-state index contributed by atoms with van der Waals surface area (Å²) in [5.74, 6) is 0. The van der Waals surface area contributed by atoms with Crippen LogP contribution in [0.25, 0.3) is 0 Å². The number of nitrogens with one attached hydrogen (secondary N) is 1. The van der Waals surface area contributed by atoms with Crippen molar-refractivity contribution in [2.45, 2.75) is 6.92 Å². The van der Waals surface area contributed by atoms with Gasteiger partial charge >= 0.3 is 0 Å². The molecule has 3 nitrogen and oxygen atoms in total. The summed E-state index contributed by atoms with van der Waals surface area (Å²) in [6.07, 6.45) is 3.00. The van der Waals surface area contributed by atoms with Crippen molar-refractivity contribution in [2.24, 2.45) is 4.99 Å². The Hall–Kier alpha value is -1.56. The van der Waals surface area contributed by atoms with Crippen molar-refractivity contribution in [3.8, 4) is 6.07 Å². The molecular formula is C8H11N3. The summed E-state index contributed by atoms with van der Waals surface area (Å²) in [5.41, 5.74) is 1.22. The average Bonchev–Trinajstić information content (AvgIpc) is 2.06. The number of hydrogen-bond donors (Lipinski definition) is 1. The lowest BCUT2D eigenvalue weighted by molar-refractivity contribution is 0.981. The van der Waals surface area contributed by atoms with Crippen LogP contribution in [0.5, 0.6) is 0 Å². The van der Waals surface area contributed by atoms with Gasteiger partial charge in [-0.25, -0.2) is 4.99 Å². The van der Waals surface area contributed by atoms with Crippen molar-refractivity contribution < 1.29 is 0 Å². The molecule has 0 aromatic carbocycles. The Morgan fingerprint density at radius 2 is 2.36 bits per heavy atom. The summed E-state index contributed by atoms with van der Waals surface area (Å²) in [6, 6.07) is 1.89.